The van der Waals surface area contributed by atoms with Crippen LogP contribution in [0.15, 0.2) is 24.3 Å². The van der Waals surface area contributed by atoms with E-state index in [0.717, 1.165) is 12.1 Å². The van der Waals surface area contributed by atoms with Gasteiger partial charge in [-0.2, -0.15) is 0 Å². The normalized spacial score (nSPS) is 18.1. The van der Waals surface area contributed by atoms with Crippen molar-refractivity contribution in [2.45, 2.75) is 31.3 Å². The molecule has 0 saturated heterocycles. The molecule has 2 nitrogen and oxygen atoms in total. The number of rotatable bonds is 5. The first-order valence-corrected chi connectivity index (χ1v) is 6.34. The molecular formula is C14H21FN2. The first-order chi connectivity index (χ1) is 8.22. The van der Waals surface area contributed by atoms with Gasteiger partial charge in [0.05, 0.1) is 0 Å². The molecular weight excluding hydrogens is 215 g/mol. The van der Waals surface area contributed by atoms with E-state index in [9.17, 15) is 4.39 Å². The molecule has 1 aliphatic rings. The molecule has 0 bridgehead atoms. The highest BCUT2D eigenvalue weighted by Gasteiger charge is 2.24. The van der Waals surface area contributed by atoms with Crippen LogP contribution in [-0.2, 0) is 0 Å². The fourth-order valence-corrected chi connectivity index (χ4v) is 2.37. The van der Waals surface area contributed by atoms with Gasteiger partial charge >= 0.3 is 0 Å². The van der Waals surface area contributed by atoms with Crippen molar-refractivity contribution in [1.82, 2.24) is 10.2 Å². The highest BCUT2D eigenvalue weighted by molar-refractivity contribution is 5.21. The molecule has 1 atom stereocenters. The Hall–Kier alpha value is -0.930. The minimum atomic E-state index is -0.117. The van der Waals surface area contributed by atoms with Crippen molar-refractivity contribution >= 4 is 0 Å². The maximum absolute atomic E-state index is 13.7. The van der Waals surface area contributed by atoms with Crippen LogP contribution in [0.3, 0.4) is 0 Å². The van der Waals surface area contributed by atoms with Gasteiger partial charge in [-0.05, 0) is 33.0 Å². The van der Waals surface area contributed by atoms with E-state index >= 15 is 0 Å². The van der Waals surface area contributed by atoms with E-state index in [-0.39, 0.29) is 11.9 Å². The van der Waals surface area contributed by atoms with Crippen LogP contribution in [0.5, 0.6) is 0 Å². The predicted octanol–water partition coefficient (Wildman–Crippen LogP) is 2.57. The number of nitrogens with one attached hydrogen (secondary N) is 1. The molecule has 0 aliphatic heterocycles. The van der Waals surface area contributed by atoms with Crippen molar-refractivity contribution in [3.63, 3.8) is 0 Å². The molecule has 17 heavy (non-hydrogen) atoms. The van der Waals surface area contributed by atoms with Crippen LogP contribution in [-0.4, -0.2) is 31.6 Å². The van der Waals surface area contributed by atoms with Gasteiger partial charge in [-0.15, -0.1) is 0 Å². The van der Waals surface area contributed by atoms with Gasteiger partial charge in [-0.3, -0.25) is 0 Å². The summed E-state index contributed by atoms with van der Waals surface area (Å²) in [6, 6.07) is 7.79. The lowest BCUT2D eigenvalue weighted by Crippen LogP contribution is -2.41. The molecule has 0 spiro atoms. The molecule has 1 aromatic carbocycles. The van der Waals surface area contributed by atoms with Gasteiger partial charge in [-0.1, -0.05) is 24.6 Å². The fourth-order valence-electron chi connectivity index (χ4n) is 2.37. The van der Waals surface area contributed by atoms with Crippen molar-refractivity contribution in [3.8, 4) is 0 Å². The van der Waals surface area contributed by atoms with Crippen LogP contribution < -0.4 is 5.32 Å². The zero-order chi connectivity index (χ0) is 12.3. The predicted molar refractivity (Wildman–Crippen MR) is 68.5 cm³/mol. The van der Waals surface area contributed by atoms with Crippen LogP contribution in [0, 0.1) is 5.82 Å². The lowest BCUT2D eigenvalue weighted by Gasteiger charge is -2.36. The quantitative estimate of drug-likeness (QED) is 0.845. The standard InChI is InChI=1S/C14H21FN2/c1-16-14(10-17(2)11-6-5-7-11)12-8-3-4-9-13(12)15/h3-4,8-9,11,14,16H,5-7,10H2,1-2H3. The molecule has 0 heterocycles. The van der Waals surface area contributed by atoms with Crippen LogP contribution in [0.2, 0.25) is 0 Å². The topological polar surface area (TPSA) is 15.3 Å². The van der Waals surface area contributed by atoms with E-state index in [0.29, 0.717) is 6.04 Å². The molecule has 1 aliphatic carbocycles. The van der Waals surface area contributed by atoms with Gasteiger partial charge < -0.3 is 10.2 Å². The number of hydrogen-bond donors (Lipinski definition) is 1. The summed E-state index contributed by atoms with van der Waals surface area (Å²) in [5.74, 6) is -0.117. The molecule has 0 aromatic heterocycles. The Labute approximate surface area is 103 Å². The zero-order valence-electron chi connectivity index (χ0n) is 10.6. The molecule has 0 amide bonds. The molecule has 1 saturated carbocycles. The largest absolute Gasteiger partial charge is 0.312 e. The van der Waals surface area contributed by atoms with Gasteiger partial charge in [0.1, 0.15) is 5.82 Å². The number of benzene rings is 1. The second kappa shape index (κ2) is 5.61. The summed E-state index contributed by atoms with van der Waals surface area (Å²) in [6.45, 7) is 0.863. The highest BCUT2D eigenvalue weighted by atomic mass is 19.1. The number of nitrogens with zero attached hydrogens (tertiary/aromatic N) is 1. The second-order valence-electron chi connectivity index (χ2n) is 4.89. The van der Waals surface area contributed by atoms with Crippen LogP contribution in [0.4, 0.5) is 4.39 Å². The van der Waals surface area contributed by atoms with E-state index in [1.807, 2.05) is 19.2 Å². The van der Waals surface area contributed by atoms with E-state index in [4.69, 9.17) is 0 Å². The van der Waals surface area contributed by atoms with Crippen molar-refractivity contribution in [2.75, 3.05) is 20.6 Å². The third kappa shape index (κ3) is 2.85. The van der Waals surface area contributed by atoms with E-state index in [1.54, 1.807) is 6.07 Å². The maximum Gasteiger partial charge on any atom is 0.128 e. The average Bonchev–Trinajstić information content (AvgIpc) is 2.24. The summed E-state index contributed by atoms with van der Waals surface area (Å²) in [5.41, 5.74) is 0.765. The first-order valence-electron chi connectivity index (χ1n) is 6.34. The third-order valence-corrected chi connectivity index (χ3v) is 3.80. The maximum atomic E-state index is 13.7. The Morgan fingerprint density at radius 1 is 1.41 bits per heavy atom. The number of halogens is 1. The smallest absolute Gasteiger partial charge is 0.128 e. The Bertz CT molecular complexity index is 363. The second-order valence-corrected chi connectivity index (χ2v) is 4.89. The fraction of sp³-hybridized carbons (Fsp3) is 0.571. The van der Waals surface area contributed by atoms with Crippen molar-refractivity contribution in [1.29, 1.82) is 0 Å². The molecule has 3 heteroatoms. The zero-order valence-corrected chi connectivity index (χ0v) is 10.6. The summed E-state index contributed by atoms with van der Waals surface area (Å²) in [7, 11) is 4.03. The Morgan fingerprint density at radius 3 is 2.65 bits per heavy atom. The molecule has 94 valence electrons. The van der Waals surface area contributed by atoms with E-state index in [2.05, 4.69) is 17.3 Å². The van der Waals surface area contributed by atoms with Crippen molar-refractivity contribution < 1.29 is 4.39 Å². The van der Waals surface area contributed by atoms with Gasteiger partial charge in [0.25, 0.3) is 0 Å². The first kappa shape index (κ1) is 12.5. The monoisotopic (exact) mass is 236 g/mol. The lowest BCUT2D eigenvalue weighted by atomic mass is 9.91. The van der Waals surface area contributed by atoms with Gasteiger partial charge in [-0.25, -0.2) is 4.39 Å². The summed E-state index contributed by atoms with van der Waals surface area (Å²) in [5, 5.41) is 3.21. The van der Waals surface area contributed by atoms with Crippen LogP contribution in [0.1, 0.15) is 30.9 Å². The molecule has 1 fully saturated rings. The van der Waals surface area contributed by atoms with E-state index < -0.39 is 0 Å². The van der Waals surface area contributed by atoms with Crippen molar-refractivity contribution in [3.05, 3.63) is 35.6 Å². The van der Waals surface area contributed by atoms with Gasteiger partial charge in [0.2, 0.25) is 0 Å². The van der Waals surface area contributed by atoms with Gasteiger partial charge in [0.15, 0.2) is 0 Å². The average molecular weight is 236 g/mol. The minimum Gasteiger partial charge on any atom is -0.312 e. The molecule has 0 radical (unpaired) electrons. The van der Waals surface area contributed by atoms with Crippen molar-refractivity contribution in [2.24, 2.45) is 0 Å². The summed E-state index contributed by atoms with van der Waals surface area (Å²) in [6.07, 6.45) is 3.90. The Balaban J connectivity index is 2.03. The molecule has 2 rings (SSSR count). The highest BCUT2D eigenvalue weighted by Crippen LogP contribution is 2.26. The summed E-state index contributed by atoms with van der Waals surface area (Å²) in [4.78, 5) is 2.34. The van der Waals surface area contributed by atoms with Crippen LogP contribution in [0.25, 0.3) is 0 Å². The Kier molecular flexibility index (Phi) is 4.13. The van der Waals surface area contributed by atoms with E-state index in [1.165, 1.54) is 25.3 Å². The van der Waals surface area contributed by atoms with Gasteiger partial charge in [0, 0.05) is 24.2 Å². The molecule has 1 N–H and O–H groups in total. The third-order valence-electron chi connectivity index (χ3n) is 3.80. The molecule has 1 aromatic rings. The SMILES string of the molecule is CNC(CN(C)C1CCC1)c1ccccc1F. The van der Waals surface area contributed by atoms with Crippen LogP contribution >= 0.6 is 0 Å². The summed E-state index contributed by atoms with van der Waals surface area (Å²) < 4.78 is 13.7. The number of likely N-dealkylation sites (N-methyl/N-ethyl adjacent to an activating group) is 2. The number of hydrogen-bond acceptors (Lipinski definition) is 2. The lowest BCUT2D eigenvalue weighted by molar-refractivity contribution is 0.146. The molecule has 1 unspecified atom stereocenters. The Morgan fingerprint density at radius 2 is 2.12 bits per heavy atom. The minimum absolute atomic E-state index is 0.0711. The summed E-state index contributed by atoms with van der Waals surface area (Å²) >= 11 is 0.